The molecule has 1 rings (SSSR count). The first-order valence-electron chi connectivity index (χ1n) is 5.59. The zero-order valence-electron chi connectivity index (χ0n) is 10.3. The van der Waals surface area contributed by atoms with E-state index < -0.39 is 5.97 Å². The largest absolute Gasteiger partial charge is 0.478 e. The Morgan fingerprint density at radius 1 is 1.59 bits per heavy atom. The van der Waals surface area contributed by atoms with Crippen LogP contribution in [0.4, 0.5) is 5.82 Å². The molecule has 0 bridgehead atoms. The Bertz CT molecular complexity index is 407. The summed E-state index contributed by atoms with van der Waals surface area (Å²) in [7, 11) is 0. The molecule has 0 aliphatic heterocycles. The molecule has 0 aromatic carbocycles. The highest BCUT2D eigenvalue weighted by Gasteiger charge is 2.14. The Hall–Kier alpha value is -1.29. The SMILES string of the molecule is CCN(CC(C)C)c1cc(C(=O)O)c(Cl)cn1. The predicted molar refractivity (Wildman–Crippen MR) is 68.9 cm³/mol. The van der Waals surface area contributed by atoms with Gasteiger partial charge >= 0.3 is 5.97 Å². The van der Waals surface area contributed by atoms with E-state index in [1.54, 1.807) is 0 Å². The molecule has 94 valence electrons. The molecule has 0 saturated heterocycles. The molecule has 0 saturated carbocycles. The molecule has 0 aliphatic carbocycles. The summed E-state index contributed by atoms with van der Waals surface area (Å²) in [5, 5.41) is 9.16. The molecule has 0 aliphatic rings. The number of carboxylic acid groups (broad SMARTS) is 1. The van der Waals surface area contributed by atoms with Crippen LogP contribution in [-0.4, -0.2) is 29.1 Å². The van der Waals surface area contributed by atoms with Crippen molar-refractivity contribution in [2.45, 2.75) is 20.8 Å². The fraction of sp³-hybridized carbons (Fsp3) is 0.500. The van der Waals surface area contributed by atoms with E-state index in [1.165, 1.54) is 12.3 Å². The van der Waals surface area contributed by atoms with Gasteiger partial charge in [-0.1, -0.05) is 25.4 Å². The molecule has 0 amide bonds. The van der Waals surface area contributed by atoms with Crippen molar-refractivity contribution in [1.29, 1.82) is 0 Å². The number of carbonyl (C=O) groups is 1. The quantitative estimate of drug-likeness (QED) is 0.880. The van der Waals surface area contributed by atoms with Crippen molar-refractivity contribution in [3.8, 4) is 0 Å². The topological polar surface area (TPSA) is 53.4 Å². The van der Waals surface area contributed by atoms with Gasteiger partial charge in [0.05, 0.1) is 10.6 Å². The summed E-state index contributed by atoms with van der Waals surface area (Å²) in [6.45, 7) is 7.85. The van der Waals surface area contributed by atoms with Crippen LogP contribution in [0.25, 0.3) is 0 Å². The Kier molecular flexibility index (Phi) is 4.75. The average Bonchev–Trinajstić information content (AvgIpc) is 2.26. The average molecular weight is 257 g/mol. The number of halogens is 1. The fourth-order valence-corrected chi connectivity index (χ4v) is 1.77. The first-order valence-corrected chi connectivity index (χ1v) is 5.97. The maximum absolute atomic E-state index is 11.0. The highest BCUT2D eigenvalue weighted by Crippen LogP contribution is 2.21. The van der Waals surface area contributed by atoms with E-state index in [0.717, 1.165) is 13.1 Å². The van der Waals surface area contributed by atoms with Gasteiger partial charge in [-0.05, 0) is 18.9 Å². The first-order chi connectivity index (χ1) is 7.95. The van der Waals surface area contributed by atoms with E-state index in [-0.39, 0.29) is 10.6 Å². The maximum Gasteiger partial charge on any atom is 0.337 e. The number of aromatic carboxylic acids is 1. The number of hydrogen-bond acceptors (Lipinski definition) is 3. The minimum atomic E-state index is -1.03. The molecule has 1 heterocycles. The van der Waals surface area contributed by atoms with Crippen LogP contribution in [0.3, 0.4) is 0 Å². The smallest absolute Gasteiger partial charge is 0.337 e. The van der Waals surface area contributed by atoms with Gasteiger partial charge in [0.15, 0.2) is 0 Å². The second-order valence-electron chi connectivity index (χ2n) is 4.26. The lowest BCUT2D eigenvalue weighted by Crippen LogP contribution is -2.28. The lowest BCUT2D eigenvalue weighted by atomic mass is 10.2. The van der Waals surface area contributed by atoms with E-state index in [1.807, 2.05) is 11.8 Å². The molecule has 1 aromatic rings. The van der Waals surface area contributed by atoms with Crippen LogP contribution < -0.4 is 4.90 Å². The van der Waals surface area contributed by atoms with Crippen LogP contribution in [0.15, 0.2) is 12.3 Å². The van der Waals surface area contributed by atoms with E-state index >= 15 is 0 Å². The van der Waals surface area contributed by atoms with Crippen molar-refractivity contribution in [1.82, 2.24) is 4.98 Å². The summed E-state index contributed by atoms with van der Waals surface area (Å²) in [5.41, 5.74) is 0.0962. The van der Waals surface area contributed by atoms with Crippen molar-refractivity contribution < 1.29 is 9.90 Å². The summed E-state index contributed by atoms with van der Waals surface area (Å²) in [6.07, 6.45) is 1.39. The molecule has 1 aromatic heterocycles. The zero-order chi connectivity index (χ0) is 13.0. The number of pyridine rings is 1. The number of carboxylic acids is 1. The third kappa shape index (κ3) is 3.60. The second kappa shape index (κ2) is 5.87. The third-order valence-corrected chi connectivity index (χ3v) is 2.66. The van der Waals surface area contributed by atoms with Crippen LogP contribution in [-0.2, 0) is 0 Å². The third-order valence-electron chi connectivity index (χ3n) is 2.36. The van der Waals surface area contributed by atoms with Crippen LogP contribution in [0.5, 0.6) is 0 Å². The number of nitrogens with zero attached hydrogens (tertiary/aromatic N) is 2. The molecule has 5 heteroatoms. The number of anilines is 1. The summed E-state index contributed by atoms with van der Waals surface area (Å²) < 4.78 is 0. The van der Waals surface area contributed by atoms with Crippen LogP contribution >= 0.6 is 11.6 Å². The molecule has 0 spiro atoms. The summed E-state index contributed by atoms with van der Waals surface area (Å²) >= 11 is 5.78. The Morgan fingerprint density at radius 2 is 2.24 bits per heavy atom. The zero-order valence-corrected chi connectivity index (χ0v) is 11.0. The van der Waals surface area contributed by atoms with E-state index in [0.29, 0.717) is 11.7 Å². The standard InChI is InChI=1S/C12H17ClN2O2/c1-4-15(7-8(2)3)11-5-9(12(16)17)10(13)6-14-11/h5-6,8H,4,7H2,1-3H3,(H,16,17). The second-order valence-corrected chi connectivity index (χ2v) is 4.67. The number of hydrogen-bond donors (Lipinski definition) is 1. The van der Waals surface area contributed by atoms with Crippen molar-refractivity contribution in [2.75, 3.05) is 18.0 Å². The minimum absolute atomic E-state index is 0.0962. The lowest BCUT2D eigenvalue weighted by molar-refractivity contribution is 0.0697. The van der Waals surface area contributed by atoms with Gasteiger partial charge in [0.2, 0.25) is 0 Å². The van der Waals surface area contributed by atoms with Crippen molar-refractivity contribution in [3.63, 3.8) is 0 Å². The molecular formula is C12H17ClN2O2. The van der Waals surface area contributed by atoms with Crippen LogP contribution in [0.1, 0.15) is 31.1 Å². The Balaban J connectivity index is 3.04. The molecule has 0 atom stereocenters. The molecule has 0 radical (unpaired) electrons. The highest BCUT2D eigenvalue weighted by molar-refractivity contribution is 6.33. The molecule has 1 N–H and O–H groups in total. The van der Waals surface area contributed by atoms with Crippen LogP contribution in [0.2, 0.25) is 5.02 Å². The monoisotopic (exact) mass is 256 g/mol. The number of rotatable bonds is 5. The van der Waals surface area contributed by atoms with Gasteiger partial charge in [-0.2, -0.15) is 0 Å². The number of aromatic nitrogens is 1. The molecule has 4 nitrogen and oxygen atoms in total. The van der Waals surface area contributed by atoms with Gasteiger partial charge in [-0.15, -0.1) is 0 Å². The molecular weight excluding hydrogens is 240 g/mol. The van der Waals surface area contributed by atoms with Crippen molar-refractivity contribution in [3.05, 3.63) is 22.8 Å². The Morgan fingerprint density at radius 3 is 2.71 bits per heavy atom. The Labute approximate surface area is 106 Å². The van der Waals surface area contributed by atoms with E-state index in [4.69, 9.17) is 16.7 Å². The van der Waals surface area contributed by atoms with Gasteiger partial charge in [-0.25, -0.2) is 9.78 Å². The summed E-state index contributed by atoms with van der Waals surface area (Å²) in [6, 6.07) is 1.52. The van der Waals surface area contributed by atoms with Gasteiger partial charge in [0, 0.05) is 19.3 Å². The van der Waals surface area contributed by atoms with Crippen LogP contribution in [0, 0.1) is 5.92 Å². The van der Waals surface area contributed by atoms with Gasteiger partial charge in [0.25, 0.3) is 0 Å². The van der Waals surface area contributed by atoms with Crippen molar-refractivity contribution >= 4 is 23.4 Å². The predicted octanol–water partition coefficient (Wildman–Crippen LogP) is 2.92. The highest BCUT2D eigenvalue weighted by atomic mass is 35.5. The normalized spacial score (nSPS) is 10.6. The maximum atomic E-state index is 11.0. The first kappa shape index (κ1) is 13.8. The van der Waals surface area contributed by atoms with Gasteiger partial charge < -0.3 is 10.0 Å². The van der Waals surface area contributed by atoms with Crippen molar-refractivity contribution in [2.24, 2.45) is 5.92 Å². The summed E-state index contributed by atoms with van der Waals surface area (Å²) in [4.78, 5) is 17.2. The molecule has 0 fully saturated rings. The summed E-state index contributed by atoms with van der Waals surface area (Å²) in [5.74, 6) is 0.114. The fourth-order valence-electron chi connectivity index (χ4n) is 1.59. The minimum Gasteiger partial charge on any atom is -0.478 e. The van der Waals surface area contributed by atoms with E-state index in [9.17, 15) is 4.79 Å². The lowest BCUT2D eigenvalue weighted by Gasteiger charge is -2.24. The molecule has 0 unspecified atom stereocenters. The van der Waals surface area contributed by atoms with Gasteiger partial charge in [-0.3, -0.25) is 0 Å². The van der Waals surface area contributed by atoms with Gasteiger partial charge in [0.1, 0.15) is 5.82 Å². The molecule has 17 heavy (non-hydrogen) atoms. The van der Waals surface area contributed by atoms with E-state index in [2.05, 4.69) is 18.8 Å².